The van der Waals surface area contributed by atoms with Gasteiger partial charge in [-0.15, -0.1) is 0 Å². The molecular weight excluding hydrogens is 124 g/mol. The van der Waals surface area contributed by atoms with Gasteiger partial charge in [0.2, 0.25) is 0 Å². The highest BCUT2D eigenvalue weighted by atomic mass is 16.3. The first kappa shape index (κ1) is 9.70. The first-order valence-electron chi connectivity index (χ1n) is 3.85. The maximum Gasteiger partial charge on any atom is 0.0540 e. The molecule has 0 fully saturated rings. The van der Waals surface area contributed by atoms with E-state index in [2.05, 4.69) is 26.8 Å². The smallest absolute Gasteiger partial charge is 0.0540 e. The van der Waals surface area contributed by atoms with Crippen LogP contribution in [0.3, 0.4) is 0 Å². The molecule has 0 radical (unpaired) electrons. The Morgan fingerprint density at radius 2 is 1.90 bits per heavy atom. The zero-order chi connectivity index (χ0) is 8.15. The second-order valence-electron chi connectivity index (χ2n) is 3.24. The van der Waals surface area contributed by atoms with Crippen LogP contribution in [0.1, 0.15) is 34.1 Å². The van der Waals surface area contributed by atoms with Gasteiger partial charge in [0.05, 0.1) is 6.10 Å². The zero-order valence-corrected chi connectivity index (χ0v) is 7.39. The quantitative estimate of drug-likeness (QED) is 0.600. The van der Waals surface area contributed by atoms with Gasteiger partial charge in [-0.1, -0.05) is 18.6 Å². The summed E-state index contributed by atoms with van der Waals surface area (Å²) < 4.78 is 0. The Kier molecular flexibility index (Phi) is 4.37. The molecule has 0 bridgehead atoms. The van der Waals surface area contributed by atoms with E-state index in [1.807, 2.05) is 6.92 Å². The summed E-state index contributed by atoms with van der Waals surface area (Å²) in [6.45, 7) is 8.05. The van der Waals surface area contributed by atoms with Crippen LogP contribution in [-0.2, 0) is 0 Å². The maximum atomic E-state index is 9.10. The van der Waals surface area contributed by atoms with Crippen molar-refractivity contribution >= 4 is 0 Å². The van der Waals surface area contributed by atoms with E-state index in [0.717, 1.165) is 6.42 Å². The minimum absolute atomic E-state index is 0.185. The van der Waals surface area contributed by atoms with E-state index in [1.54, 1.807) is 0 Å². The number of hydrogen-bond acceptors (Lipinski definition) is 1. The number of hydrogen-bond donors (Lipinski definition) is 1. The molecule has 0 unspecified atom stereocenters. The first-order chi connectivity index (χ1) is 4.54. The largest absolute Gasteiger partial charge is 0.393 e. The molecule has 10 heavy (non-hydrogen) atoms. The fourth-order valence-electron chi connectivity index (χ4n) is 0.619. The fourth-order valence-corrected chi connectivity index (χ4v) is 0.619. The topological polar surface area (TPSA) is 20.2 Å². The summed E-state index contributed by atoms with van der Waals surface area (Å²) >= 11 is 0. The highest BCUT2D eigenvalue weighted by molar-refractivity contribution is 4.93. The molecule has 0 amide bonds. The third-order valence-electron chi connectivity index (χ3n) is 1.72. The van der Waals surface area contributed by atoms with Crippen molar-refractivity contribution in [2.45, 2.75) is 40.2 Å². The average molecular weight is 142 g/mol. The highest BCUT2D eigenvalue weighted by Gasteiger charge is 2.05. The zero-order valence-electron chi connectivity index (χ0n) is 7.39. The van der Waals surface area contributed by atoms with Gasteiger partial charge >= 0.3 is 0 Å². The highest BCUT2D eigenvalue weighted by Crippen LogP contribution is 2.09. The molecule has 1 heteroatoms. The van der Waals surface area contributed by atoms with Gasteiger partial charge in [-0.25, -0.2) is 0 Å². The van der Waals surface area contributed by atoms with Gasteiger partial charge in [0, 0.05) is 0 Å². The van der Waals surface area contributed by atoms with Gasteiger partial charge < -0.3 is 5.11 Å². The van der Waals surface area contributed by atoms with E-state index in [-0.39, 0.29) is 6.10 Å². The van der Waals surface area contributed by atoms with Crippen LogP contribution in [0.25, 0.3) is 0 Å². The standard InChI is InChI=1S/C9H18O/c1-7(2)5-6-8(3)9(4)10/h5,8-10H,6H2,1-4H3/t8-,9-/m0/s1. The van der Waals surface area contributed by atoms with E-state index >= 15 is 0 Å². The molecule has 0 saturated heterocycles. The lowest BCUT2D eigenvalue weighted by Crippen LogP contribution is -2.11. The van der Waals surface area contributed by atoms with Gasteiger partial charge in [-0.3, -0.25) is 0 Å². The van der Waals surface area contributed by atoms with Crippen molar-refractivity contribution in [1.82, 2.24) is 0 Å². The summed E-state index contributed by atoms with van der Waals surface area (Å²) in [6.07, 6.45) is 2.97. The van der Waals surface area contributed by atoms with E-state index < -0.39 is 0 Å². The summed E-state index contributed by atoms with van der Waals surface area (Å²) in [5.74, 6) is 0.384. The molecule has 0 aromatic heterocycles. The van der Waals surface area contributed by atoms with Crippen LogP contribution >= 0.6 is 0 Å². The van der Waals surface area contributed by atoms with Crippen molar-refractivity contribution < 1.29 is 5.11 Å². The molecule has 0 heterocycles. The Morgan fingerprint density at radius 3 is 2.20 bits per heavy atom. The molecule has 60 valence electrons. The predicted octanol–water partition coefficient (Wildman–Crippen LogP) is 2.36. The second-order valence-corrected chi connectivity index (χ2v) is 3.24. The lowest BCUT2D eigenvalue weighted by Gasteiger charge is -2.11. The van der Waals surface area contributed by atoms with Crippen LogP contribution in [0, 0.1) is 5.92 Å². The van der Waals surface area contributed by atoms with Crippen molar-refractivity contribution in [1.29, 1.82) is 0 Å². The van der Waals surface area contributed by atoms with Gasteiger partial charge in [0.1, 0.15) is 0 Å². The Bertz CT molecular complexity index is 110. The number of aliphatic hydroxyl groups excluding tert-OH is 1. The lowest BCUT2D eigenvalue weighted by atomic mass is 10.0. The molecule has 2 atom stereocenters. The molecular formula is C9H18O. The van der Waals surface area contributed by atoms with Gasteiger partial charge in [-0.2, -0.15) is 0 Å². The van der Waals surface area contributed by atoms with Crippen LogP contribution in [0.4, 0.5) is 0 Å². The van der Waals surface area contributed by atoms with E-state index in [9.17, 15) is 0 Å². The molecule has 0 saturated carbocycles. The average Bonchev–Trinajstić information content (AvgIpc) is 1.82. The van der Waals surface area contributed by atoms with Crippen LogP contribution in [0.2, 0.25) is 0 Å². The monoisotopic (exact) mass is 142 g/mol. The summed E-state index contributed by atoms with van der Waals surface area (Å²) in [6, 6.07) is 0. The predicted molar refractivity (Wildman–Crippen MR) is 44.9 cm³/mol. The van der Waals surface area contributed by atoms with Crippen molar-refractivity contribution in [3.63, 3.8) is 0 Å². The molecule has 0 aliphatic carbocycles. The molecule has 0 rings (SSSR count). The van der Waals surface area contributed by atoms with E-state index in [1.165, 1.54) is 5.57 Å². The SMILES string of the molecule is CC(C)=CC[C@H](C)[C@H](C)O. The van der Waals surface area contributed by atoms with E-state index in [4.69, 9.17) is 5.11 Å². The van der Waals surface area contributed by atoms with Gasteiger partial charge in [-0.05, 0) is 33.1 Å². The van der Waals surface area contributed by atoms with E-state index in [0.29, 0.717) is 5.92 Å². The molecule has 1 N–H and O–H groups in total. The first-order valence-corrected chi connectivity index (χ1v) is 3.85. The van der Waals surface area contributed by atoms with Crippen LogP contribution in [0.15, 0.2) is 11.6 Å². The second kappa shape index (κ2) is 4.51. The van der Waals surface area contributed by atoms with Crippen molar-refractivity contribution in [2.75, 3.05) is 0 Å². The maximum absolute atomic E-state index is 9.10. The number of rotatable bonds is 3. The summed E-state index contributed by atoms with van der Waals surface area (Å²) in [7, 11) is 0. The minimum atomic E-state index is -0.185. The number of aliphatic hydroxyl groups is 1. The summed E-state index contributed by atoms with van der Waals surface area (Å²) in [5.41, 5.74) is 1.33. The number of allylic oxidation sites excluding steroid dienone is 2. The molecule has 0 aliphatic rings. The third kappa shape index (κ3) is 4.57. The van der Waals surface area contributed by atoms with Crippen molar-refractivity contribution in [2.24, 2.45) is 5.92 Å². The Balaban J connectivity index is 3.59. The molecule has 0 spiro atoms. The molecule has 0 aliphatic heterocycles. The molecule has 0 aromatic rings. The minimum Gasteiger partial charge on any atom is -0.393 e. The van der Waals surface area contributed by atoms with Crippen LogP contribution in [-0.4, -0.2) is 11.2 Å². The molecule has 1 nitrogen and oxygen atoms in total. The van der Waals surface area contributed by atoms with Gasteiger partial charge in [0.25, 0.3) is 0 Å². The summed E-state index contributed by atoms with van der Waals surface area (Å²) in [5, 5.41) is 9.10. The lowest BCUT2D eigenvalue weighted by molar-refractivity contribution is 0.136. The van der Waals surface area contributed by atoms with Crippen molar-refractivity contribution in [3.05, 3.63) is 11.6 Å². The Labute approximate surface area is 63.8 Å². The van der Waals surface area contributed by atoms with Crippen LogP contribution < -0.4 is 0 Å². The Hall–Kier alpha value is -0.300. The fraction of sp³-hybridized carbons (Fsp3) is 0.778. The van der Waals surface area contributed by atoms with Crippen LogP contribution in [0.5, 0.6) is 0 Å². The Morgan fingerprint density at radius 1 is 1.40 bits per heavy atom. The summed E-state index contributed by atoms with van der Waals surface area (Å²) in [4.78, 5) is 0. The van der Waals surface area contributed by atoms with Gasteiger partial charge in [0.15, 0.2) is 0 Å². The molecule has 0 aromatic carbocycles. The normalized spacial score (nSPS) is 16.1. The third-order valence-corrected chi connectivity index (χ3v) is 1.72. The van der Waals surface area contributed by atoms with Crippen molar-refractivity contribution in [3.8, 4) is 0 Å².